The molecule has 10 heteroatoms. The van der Waals surface area contributed by atoms with Gasteiger partial charge < -0.3 is 20.9 Å². The molecular formula is C23H27ClN6O3. The van der Waals surface area contributed by atoms with Crippen molar-refractivity contribution < 1.29 is 15.1 Å². The molecule has 9 nitrogen and oxygen atoms in total. The zero-order valence-corrected chi connectivity index (χ0v) is 19.1. The first-order valence-electron chi connectivity index (χ1n) is 11.0. The van der Waals surface area contributed by atoms with Crippen LogP contribution in [0.2, 0.25) is 5.02 Å². The number of fused-ring (bicyclic) bond motifs is 1. The van der Waals surface area contributed by atoms with Crippen molar-refractivity contribution in [2.24, 2.45) is 5.16 Å². The van der Waals surface area contributed by atoms with E-state index in [1.54, 1.807) is 41.3 Å². The second-order valence-corrected chi connectivity index (χ2v) is 8.53. The fourth-order valence-corrected chi connectivity index (χ4v) is 4.28. The Kier molecular flexibility index (Phi) is 7.10. The maximum atomic E-state index is 13.3. The van der Waals surface area contributed by atoms with Gasteiger partial charge in [-0.2, -0.15) is 5.10 Å². The number of aliphatic hydroxyl groups is 1. The number of nitrogens with zero attached hydrogens (tertiary/aromatic N) is 4. The molecule has 0 saturated heterocycles. The van der Waals surface area contributed by atoms with Crippen molar-refractivity contribution in [1.82, 2.24) is 20.1 Å². The molecule has 1 unspecified atom stereocenters. The number of anilines is 1. The summed E-state index contributed by atoms with van der Waals surface area (Å²) in [6, 6.07) is 6.52. The van der Waals surface area contributed by atoms with E-state index in [4.69, 9.17) is 16.8 Å². The van der Waals surface area contributed by atoms with Gasteiger partial charge in [-0.25, -0.2) is 9.67 Å². The Morgan fingerprint density at radius 3 is 2.64 bits per heavy atom. The minimum atomic E-state index is -0.588. The summed E-state index contributed by atoms with van der Waals surface area (Å²) in [5.74, 6) is -0.349. The third-order valence-electron chi connectivity index (χ3n) is 6.02. The van der Waals surface area contributed by atoms with Gasteiger partial charge in [-0.1, -0.05) is 28.9 Å². The predicted octanol–water partition coefficient (Wildman–Crippen LogP) is 3.75. The molecule has 3 aromatic rings. The molecule has 174 valence electrons. The lowest BCUT2D eigenvalue weighted by Gasteiger charge is -2.26. The van der Waals surface area contributed by atoms with E-state index in [-0.39, 0.29) is 18.6 Å². The topological polar surface area (TPSA) is 125 Å². The Labute approximate surface area is 196 Å². The molecule has 4 N–H and O–H groups in total. The minimum absolute atomic E-state index is 0.113. The number of benzene rings is 1. The minimum Gasteiger partial charge on any atom is -0.411 e. The third-order valence-corrected chi connectivity index (χ3v) is 6.28. The Morgan fingerprint density at radius 1 is 1.27 bits per heavy atom. The number of oxime groups is 1. The molecule has 1 aliphatic carbocycles. The van der Waals surface area contributed by atoms with E-state index in [2.05, 4.69) is 25.9 Å². The van der Waals surface area contributed by atoms with Crippen LogP contribution in [0, 0.1) is 0 Å². The number of hydrogen-bond acceptors (Lipinski definition) is 7. The van der Waals surface area contributed by atoms with Crippen molar-refractivity contribution in [3.05, 3.63) is 52.8 Å². The molecule has 4 rings (SSSR count). The maximum Gasteiger partial charge on any atom is 0.255 e. The molecule has 2 aromatic heterocycles. The van der Waals surface area contributed by atoms with Crippen LogP contribution < -0.4 is 10.6 Å². The Hall–Kier alpha value is -3.17. The SMILES string of the molecule is CCn1ncc2c(NC3CCC(=NO)CC3)c(C(=O)NC(CO)c3ccc(Cl)cc3)cnc21. The highest BCUT2D eigenvalue weighted by Crippen LogP contribution is 2.30. The van der Waals surface area contributed by atoms with Crippen LogP contribution in [-0.2, 0) is 6.54 Å². The van der Waals surface area contributed by atoms with Crippen LogP contribution in [0.4, 0.5) is 5.69 Å². The Balaban J connectivity index is 1.65. The van der Waals surface area contributed by atoms with Crippen molar-refractivity contribution >= 4 is 39.9 Å². The van der Waals surface area contributed by atoms with E-state index in [1.807, 2.05) is 6.92 Å². The highest BCUT2D eigenvalue weighted by molar-refractivity contribution is 6.30. The molecule has 1 saturated carbocycles. The Bertz CT molecular complexity index is 1150. The molecule has 0 aliphatic heterocycles. The van der Waals surface area contributed by atoms with E-state index < -0.39 is 6.04 Å². The number of pyridine rings is 1. The number of aryl methyl sites for hydroxylation is 1. The molecule has 1 fully saturated rings. The van der Waals surface area contributed by atoms with Crippen LogP contribution in [0.25, 0.3) is 11.0 Å². The second kappa shape index (κ2) is 10.2. The maximum absolute atomic E-state index is 13.3. The number of amides is 1. The Morgan fingerprint density at radius 2 is 2.00 bits per heavy atom. The monoisotopic (exact) mass is 470 g/mol. The van der Waals surface area contributed by atoms with Gasteiger partial charge in [0.1, 0.15) is 0 Å². The number of carbonyl (C=O) groups excluding carboxylic acids is 1. The normalized spacial score (nSPS) is 17.1. The van der Waals surface area contributed by atoms with Crippen LogP contribution in [0.3, 0.4) is 0 Å². The fourth-order valence-electron chi connectivity index (χ4n) is 4.15. The smallest absolute Gasteiger partial charge is 0.255 e. The fraction of sp³-hybridized carbons (Fsp3) is 0.391. The second-order valence-electron chi connectivity index (χ2n) is 8.09. The van der Waals surface area contributed by atoms with Crippen molar-refractivity contribution in [3.8, 4) is 0 Å². The van der Waals surface area contributed by atoms with Gasteiger partial charge in [-0.15, -0.1) is 0 Å². The lowest BCUT2D eigenvalue weighted by atomic mass is 9.93. The lowest BCUT2D eigenvalue weighted by molar-refractivity contribution is 0.0916. The van der Waals surface area contributed by atoms with Gasteiger partial charge in [0.05, 0.1) is 41.2 Å². The van der Waals surface area contributed by atoms with E-state index in [0.717, 1.165) is 29.5 Å². The largest absolute Gasteiger partial charge is 0.411 e. The van der Waals surface area contributed by atoms with Crippen LogP contribution in [0.1, 0.15) is 54.6 Å². The highest BCUT2D eigenvalue weighted by Gasteiger charge is 2.25. The van der Waals surface area contributed by atoms with E-state index in [0.29, 0.717) is 41.3 Å². The first-order chi connectivity index (χ1) is 16.0. The zero-order valence-electron chi connectivity index (χ0n) is 18.3. The summed E-state index contributed by atoms with van der Waals surface area (Å²) in [4.78, 5) is 17.8. The summed E-state index contributed by atoms with van der Waals surface area (Å²) in [6.07, 6.45) is 6.24. The standard InChI is InChI=1S/C23H27ClN6O3/c1-2-30-22-18(12-26-30)21(27-16-7-9-17(29-33)10-8-16)19(11-25-22)23(32)28-20(13-31)14-3-5-15(24)6-4-14/h3-6,11-12,16,20,31,33H,2,7-10,13H2,1H3,(H,25,27)(H,28,32). The molecule has 1 aliphatic rings. The van der Waals surface area contributed by atoms with Crippen LogP contribution in [0.5, 0.6) is 0 Å². The van der Waals surface area contributed by atoms with Crippen molar-refractivity contribution in [1.29, 1.82) is 0 Å². The van der Waals surface area contributed by atoms with Gasteiger partial charge in [0, 0.05) is 23.8 Å². The predicted molar refractivity (Wildman–Crippen MR) is 127 cm³/mol. The van der Waals surface area contributed by atoms with Gasteiger partial charge in [0.15, 0.2) is 5.65 Å². The summed E-state index contributed by atoms with van der Waals surface area (Å²) in [5.41, 5.74) is 3.28. The van der Waals surface area contributed by atoms with Gasteiger partial charge in [0.2, 0.25) is 0 Å². The summed E-state index contributed by atoms with van der Waals surface area (Å²) in [7, 11) is 0. The molecule has 33 heavy (non-hydrogen) atoms. The number of aromatic nitrogens is 3. The first-order valence-corrected chi connectivity index (χ1v) is 11.4. The summed E-state index contributed by atoms with van der Waals surface area (Å²) in [6.45, 7) is 2.38. The lowest BCUT2D eigenvalue weighted by Crippen LogP contribution is -2.32. The summed E-state index contributed by atoms with van der Waals surface area (Å²) >= 11 is 5.97. The number of rotatable bonds is 7. The van der Waals surface area contributed by atoms with Crippen LogP contribution in [-0.4, -0.2) is 49.3 Å². The molecule has 1 aromatic carbocycles. The molecule has 1 atom stereocenters. The molecule has 2 heterocycles. The van der Waals surface area contributed by atoms with Gasteiger partial charge in [-0.05, 0) is 50.3 Å². The number of halogens is 1. The molecule has 0 radical (unpaired) electrons. The van der Waals surface area contributed by atoms with Crippen molar-refractivity contribution in [2.75, 3.05) is 11.9 Å². The number of carbonyl (C=O) groups is 1. The highest BCUT2D eigenvalue weighted by atomic mass is 35.5. The third kappa shape index (κ3) is 4.94. The first kappa shape index (κ1) is 23.0. The van der Waals surface area contributed by atoms with E-state index >= 15 is 0 Å². The molecule has 0 bridgehead atoms. The van der Waals surface area contributed by atoms with Crippen LogP contribution >= 0.6 is 11.6 Å². The van der Waals surface area contributed by atoms with Crippen LogP contribution in [0.15, 0.2) is 41.8 Å². The van der Waals surface area contributed by atoms with Gasteiger partial charge in [-0.3, -0.25) is 4.79 Å². The van der Waals surface area contributed by atoms with Gasteiger partial charge in [0.25, 0.3) is 5.91 Å². The molecule has 1 amide bonds. The number of hydrogen-bond donors (Lipinski definition) is 4. The summed E-state index contributed by atoms with van der Waals surface area (Å²) in [5, 5.41) is 34.5. The quantitative estimate of drug-likeness (QED) is 0.308. The summed E-state index contributed by atoms with van der Waals surface area (Å²) < 4.78 is 1.78. The number of nitrogens with one attached hydrogen (secondary N) is 2. The van der Waals surface area contributed by atoms with E-state index in [9.17, 15) is 9.90 Å². The molecule has 0 spiro atoms. The average molecular weight is 471 g/mol. The zero-order chi connectivity index (χ0) is 23.4. The van der Waals surface area contributed by atoms with Crippen molar-refractivity contribution in [3.63, 3.8) is 0 Å². The van der Waals surface area contributed by atoms with Gasteiger partial charge >= 0.3 is 0 Å². The average Bonchev–Trinajstić information content (AvgIpc) is 3.27. The molecular weight excluding hydrogens is 444 g/mol. The number of aliphatic hydroxyl groups excluding tert-OH is 1. The van der Waals surface area contributed by atoms with E-state index in [1.165, 1.54) is 0 Å². The van der Waals surface area contributed by atoms with Crippen molar-refractivity contribution in [2.45, 2.75) is 51.2 Å².